The van der Waals surface area contributed by atoms with E-state index in [0.29, 0.717) is 5.69 Å². The molecule has 0 bridgehead atoms. The predicted octanol–water partition coefficient (Wildman–Crippen LogP) is 3.15. The lowest BCUT2D eigenvalue weighted by Crippen LogP contribution is -2.02. The fourth-order valence-electron chi connectivity index (χ4n) is 1.94. The highest BCUT2D eigenvalue weighted by molar-refractivity contribution is 9.10. The van der Waals surface area contributed by atoms with E-state index in [1.165, 1.54) is 5.56 Å². The van der Waals surface area contributed by atoms with Crippen LogP contribution in [0.5, 0.6) is 0 Å². The highest BCUT2D eigenvalue weighted by atomic mass is 79.9. The minimum absolute atomic E-state index is 0.548. The van der Waals surface area contributed by atoms with Gasteiger partial charge in [0.15, 0.2) is 5.69 Å². The highest BCUT2D eigenvalue weighted by Gasteiger charge is 2.11. The van der Waals surface area contributed by atoms with E-state index >= 15 is 0 Å². The number of benzene rings is 1. The molecule has 0 amide bonds. The molecule has 3 nitrogen and oxygen atoms in total. The number of hydrogen-bond donors (Lipinski definition) is 0. The molecule has 4 heteroatoms. The van der Waals surface area contributed by atoms with Gasteiger partial charge in [0.05, 0.1) is 5.69 Å². The second-order valence-corrected chi connectivity index (χ2v) is 5.17. The molecule has 1 aromatic carbocycles. The molecule has 2 rings (SSSR count). The van der Waals surface area contributed by atoms with Crippen molar-refractivity contribution in [3.8, 4) is 6.07 Å². The van der Waals surface area contributed by atoms with Gasteiger partial charge in [-0.15, -0.1) is 0 Å². The normalized spacial score (nSPS) is 10.3. The molecule has 0 spiro atoms. The summed E-state index contributed by atoms with van der Waals surface area (Å²) in [6.45, 7) is 1.92. The number of aromatic nitrogens is 2. The molecule has 92 valence electrons. The van der Waals surface area contributed by atoms with Crippen LogP contribution in [0.15, 0.2) is 28.7 Å². The minimum atomic E-state index is 0.548. The standard InChI is InChI=1S/C14H14BrN3/c1-10-17-13(9-16)14(18(10)2)8-5-11-3-6-12(15)7-4-11/h3-4,6-7H,5,8H2,1-2H3. The average Bonchev–Trinajstić information content (AvgIpc) is 2.65. The SMILES string of the molecule is Cc1nc(C#N)c(CCc2ccc(Br)cc2)n1C. The molecular formula is C14H14BrN3. The lowest BCUT2D eigenvalue weighted by molar-refractivity contribution is 0.771. The van der Waals surface area contributed by atoms with Crippen LogP contribution in [0, 0.1) is 18.3 Å². The zero-order valence-corrected chi connectivity index (χ0v) is 12.0. The fraction of sp³-hybridized carbons (Fsp3) is 0.286. The molecular weight excluding hydrogens is 290 g/mol. The summed E-state index contributed by atoms with van der Waals surface area (Å²) in [7, 11) is 1.96. The van der Waals surface area contributed by atoms with Gasteiger partial charge in [0.25, 0.3) is 0 Å². The molecule has 0 aliphatic rings. The van der Waals surface area contributed by atoms with E-state index in [1.807, 2.05) is 30.7 Å². The Morgan fingerprint density at radius 1 is 1.28 bits per heavy atom. The maximum Gasteiger partial charge on any atom is 0.161 e. The maximum atomic E-state index is 9.06. The second kappa shape index (κ2) is 5.36. The largest absolute Gasteiger partial charge is 0.334 e. The summed E-state index contributed by atoms with van der Waals surface area (Å²) in [4.78, 5) is 4.25. The molecule has 0 saturated carbocycles. The van der Waals surface area contributed by atoms with Crippen molar-refractivity contribution in [2.75, 3.05) is 0 Å². The van der Waals surface area contributed by atoms with E-state index in [9.17, 15) is 0 Å². The van der Waals surface area contributed by atoms with Crippen molar-refractivity contribution in [3.05, 3.63) is 51.5 Å². The number of imidazole rings is 1. The van der Waals surface area contributed by atoms with Gasteiger partial charge in [-0.25, -0.2) is 4.98 Å². The predicted molar refractivity (Wildman–Crippen MR) is 74.2 cm³/mol. The minimum Gasteiger partial charge on any atom is -0.334 e. The Bertz CT molecular complexity index is 591. The third kappa shape index (κ3) is 2.62. The Balaban J connectivity index is 2.15. The molecule has 0 saturated heterocycles. The van der Waals surface area contributed by atoms with Gasteiger partial charge in [0, 0.05) is 11.5 Å². The van der Waals surface area contributed by atoms with E-state index in [0.717, 1.165) is 28.8 Å². The first-order chi connectivity index (χ1) is 8.61. The third-order valence-electron chi connectivity index (χ3n) is 3.11. The third-order valence-corrected chi connectivity index (χ3v) is 3.64. The molecule has 0 N–H and O–H groups in total. The Labute approximate surface area is 115 Å². The van der Waals surface area contributed by atoms with Crippen molar-refractivity contribution >= 4 is 15.9 Å². The molecule has 18 heavy (non-hydrogen) atoms. The maximum absolute atomic E-state index is 9.06. The zero-order chi connectivity index (χ0) is 13.1. The number of nitrogens with zero attached hydrogens (tertiary/aromatic N) is 3. The molecule has 0 radical (unpaired) electrons. The highest BCUT2D eigenvalue weighted by Crippen LogP contribution is 2.15. The summed E-state index contributed by atoms with van der Waals surface area (Å²) in [5, 5.41) is 9.06. The second-order valence-electron chi connectivity index (χ2n) is 4.25. The van der Waals surface area contributed by atoms with Crippen LogP contribution in [-0.4, -0.2) is 9.55 Å². The van der Waals surface area contributed by atoms with Crippen LogP contribution in [0.4, 0.5) is 0 Å². The zero-order valence-electron chi connectivity index (χ0n) is 10.4. The molecule has 0 aliphatic heterocycles. The quantitative estimate of drug-likeness (QED) is 0.874. The van der Waals surface area contributed by atoms with E-state index in [2.05, 4.69) is 39.1 Å². The van der Waals surface area contributed by atoms with Crippen LogP contribution in [0.25, 0.3) is 0 Å². The molecule has 1 aromatic heterocycles. The topological polar surface area (TPSA) is 41.6 Å². The van der Waals surface area contributed by atoms with Crippen LogP contribution < -0.4 is 0 Å². The summed E-state index contributed by atoms with van der Waals surface area (Å²) >= 11 is 3.42. The monoisotopic (exact) mass is 303 g/mol. The molecule has 0 fully saturated rings. The molecule has 2 aromatic rings. The molecule has 0 aliphatic carbocycles. The Hall–Kier alpha value is -1.60. The summed E-state index contributed by atoms with van der Waals surface area (Å²) in [5.74, 6) is 0.886. The van der Waals surface area contributed by atoms with Crippen LogP contribution in [0.2, 0.25) is 0 Å². The summed E-state index contributed by atoms with van der Waals surface area (Å²) in [6, 6.07) is 10.4. The van der Waals surface area contributed by atoms with Gasteiger partial charge >= 0.3 is 0 Å². The number of halogens is 1. The van der Waals surface area contributed by atoms with Crippen molar-refractivity contribution in [2.24, 2.45) is 7.05 Å². The van der Waals surface area contributed by atoms with Gasteiger partial charge in [0.1, 0.15) is 11.9 Å². The Kier molecular flexibility index (Phi) is 3.83. The summed E-state index contributed by atoms with van der Waals surface area (Å²) in [6.07, 6.45) is 1.75. The van der Waals surface area contributed by atoms with Crippen molar-refractivity contribution in [3.63, 3.8) is 0 Å². The van der Waals surface area contributed by atoms with Crippen molar-refractivity contribution in [1.82, 2.24) is 9.55 Å². The molecule has 1 heterocycles. The van der Waals surface area contributed by atoms with Gasteiger partial charge in [-0.3, -0.25) is 0 Å². The first-order valence-corrected chi connectivity index (χ1v) is 6.58. The van der Waals surface area contributed by atoms with Gasteiger partial charge in [-0.2, -0.15) is 5.26 Å². The number of aryl methyl sites for hydroxylation is 2. The summed E-state index contributed by atoms with van der Waals surface area (Å²) in [5.41, 5.74) is 2.82. The van der Waals surface area contributed by atoms with E-state index in [1.54, 1.807) is 0 Å². The number of nitriles is 1. The smallest absolute Gasteiger partial charge is 0.161 e. The van der Waals surface area contributed by atoms with Crippen LogP contribution in [0.1, 0.15) is 22.8 Å². The van der Waals surface area contributed by atoms with Crippen molar-refractivity contribution in [1.29, 1.82) is 5.26 Å². The van der Waals surface area contributed by atoms with Crippen LogP contribution in [-0.2, 0) is 19.9 Å². The van der Waals surface area contributed by atoms with Crippen LogP contribution >= 0.6 is 15.9 Å². The molecule has 0 unspecified atom stereocenters. The average molecular weight is 304 g/mol. The Morgan fingerprint density at radius 3 is 2.56 bits per heavy atom. The van der Waals surface area contributed by atoms with E-state index in [-0.39, 0.29) is 0 Å². The lowest BCUT2D eigenvalue weighted by atomic mass is 10.1. The summed E-state index contributed by atoms with van der Waals surface area (Å²) < 4.78 is 3.08. The fourth-order valence-corrected chi connectivity index (χ4v) is 2.21. The van der Waals surface area contributed by atoms with E-state index < -0.39 is 0 Å². The van der Waals surface area contributed by atoms with Gasteiger partial charge < -0.3 is 4.57 Å². The lowest BCUT2D eigenvalue weighted by Gasteiger charge is -2.04. The van der Waals surface area contributed by atoms with Crippen LogP contribution in [0.3, 0.4) is 0 Å². The number of hydrogen-bond acceptors (Lipinski definition) is 2. The number of rotatable bonds is 3. The Morgan fingerprint density at radius 2 is 1.94 bits per heavy atom. The van der Waals surface area contributed by atoms with Gasteiger partial charge in [0.2, 0.25) is 0 Å². The van der Waals surface area contributed by atoms with E-state index in [4.69, 9.17) is 5.26 Å². The molecule has 0 atom stereocenters. The van der Waals surface area contributed by atoms with Crippen molar-refractivity contribution in [2.45, 2.75) is 19.8 Å². The van der Waals surface area contributed by atoms with Crippen molar-refractivity contribution < 1.29 is 0 Å². The van der Waals surface area contributed by atoms with Gasteiger partial charge in [-0.1, -0.05) is 28.1 Å². The van der Waals surface area contributed by atoms with Gasteiger partial charge in [-0.05, 0) is 37.5 Å². The first-order valence-electron chi connectivity index (χ1n) is 5.78. The first kappa shape index (κ1) is 12.8.